The molecule has 0 saturated heterocycles. The standard InChI is InChI=1S/C14H26N4O3S/c1-5-7-9-18(10-8-6-2)22(20,21)16-14(19)13-11-15-17(4)12(13)3/h11H,5-10H2,1-4H3,(H,16,19). The third-order valence-electron chi connectivity index (χ3n) is 3.56. The maximum Gasteiger partial charge on any atom is 0.304 e. The lowest BCUT2D eigenvalue weighted by Gasteiger charge is -2.21. The van der Waals surface area contributed by atoms with Crippen LogP contribution in [0.1, 0.15) is 55.6 Å². The highest BCUT2D eigenvalue weighted by Crippen LogP contribution is 2.09. The van der Waals surface area contributed by atoms with Gasteiger partial charge in [-0.05, 0) is 19.8 Å². The van der Waals surface area contributed by atoms with Crippen molar-refractivity contribution >= 4 is 16.1 Å². The van der Waals surface area contributed by atoms with Gasteiger partial charge < -0.3 is 0 Å². The number of carbonyl (C=O) groups excluding carboxylic acids is 1. The van der Waals surface area contributed by atoms with Gasteiger partial charge in [-0.1, -0.05) is 26.7 Å². The van der Waals surface area contributed by atoms with Gasteiger partial charge in [0, 0.05) is 25.8 Å². The first-order valence-corrected chi connectivity index (χ1v) is 9.08. The van der Waals surface area contributed by atoms with Crippen molar-refractivity contribution in [1.29, 1.82) is 0 Å². The fourth-order valence-electron chi connectivity index (χ4n) is 1.98. The summed E-state index contributed by atoms with van der Waals surface area (Å²) >= 11 is 0. The quantitative estimate of drug-likeness (QED) is 0.745. The van der Waals surface area contributed by atoms with E-state index in [0.29, 0.717) is 18.8 Å². The van der Waals surface area contributed by atoms with Crippen LogP contribution < -0.4 is 4.72 Å². The molecule has 0 aliphatic rings. The van der Waals surface area contributed by atoms with E-state index in [1.165, 1.54) is 15.2 Å². The zero-order chi connectivity index (χ0) is 16.8. The van der Waals surface area contributed by atoms with E-state index in [9.17, 15) is 13.2 Å². The number of aromatic nitrogens is 2. The highest BCUT2D eigenvalue weighted by Gasteiger charge is 2.25. The van der Waals surface area contributed by atoms with Crippen LogP contribution in [0, 0.1) is 6.92 Å². The van der Waals surface area contributed by atoms with Crippen LogP contribution in [-0.4, -0.2) is 41.5 Å². The van der Waals surface area contributed by atoms with Crippen molar-refractivity contribution < 1.29 is 13.2 Å². The number of nitrogens with zero attached hydrogens (tertiary/aromatic N) is 3. The van der Waals surface area contributed by atoms with Crippen LogP contribution in [0.4, 0.5) is 0 Å². The minimum atomic E-state index is -3.82. The Balaban J connectivity index is 2.85. The maximum atomic E-state index is 12.4. The fourth-order valence-corrected chi connectivity index (χ4v) is 3.19. The number of aryl methyl sites for hydroxylation is 1. The number of rotatable bonds is 9. The summed E-state index contributed by atoms with van der Waals surface area (Å²) in [6.07, 6.45) is 4.71. The average Bonchev–Trinajstić information content (AvgIpc) is 2.78. The van der Waals surface area contributed by atoms with Crippen LogP contribution in [0.25, 0.3) is 0 Å². The number of unbranched alkanes of at least 4 members (excludes halogenated alkanes) is 2. The number of carbonyl (C=O) groups is 1. The SMILES string of the molecule is CCCCN(CCCC)S(=O)(=O)NC(=O)c1cnn(C)c1C. The van der Waals surface area contributed by atoms with Gasteiger partial charge in [-0.2, -0.15) is 17.8 Å². The summed E-state index contributed by atoms with van der Waals surface area (Å²) in [6.45, 7) is 6.57. The molecule has 1 amide bonds. The number of hydrogen-bond acceptors (Lipinski definition) is 4. The topological polar surface area (TPSA) is 84.3 Å². The normalized spacial score (nSPS) is 11.9. The van der Waals surface area contributed by atoms with E-state index in [1.54, 1.807) is 14.0 Å². The predicted molar refractivity (Wildman–Crippen MR) is 85.7 cm³/mol. The van der Waals surface area contributed by atoms with Crippen molar-refractivity contribution in [3.8, 4) is 0 Å². The first-order valence-electron chi connectivity index (χ1n) is 7.64. The minimum absolute atomic E-state index is 0.275. The molecule has 0 saturated carbocycles. The lowest BCUT2D eigenvalue weighted by atomic mass is 10.2. The van der Waals surface area contributed by atoms with Gasteiger partial charge in [-0.15, -0.1) is 0 Å². The van der Waals surface area contributed by atoms with Crippen molar-refractivity contribution in [2.75, 3.05) is 13.1 Å². The fraction of sp³-hybridized carbons (Fsp3) is 0.714. The van der Waals surface area contributed by atoms with Crippen LogP contribution in [0.3, 0.4) is 0 Å². The molecule has 0 radical (unpaired) electrons. The Morgan fingerprint density at radius 2 is 1.82 bits per heavy atom. The molecular weight excluding hydrogens is 304 g/mol. The van der Waals surface area contributed by atoms with E-state index in [1.807, 2.05) is 13.8 Å². The Hall–Kier alpha value is -1.41. The van der Waals surface area contributed by atoms with E-state index in [0.717, 1.165) is 25.7 Å². The van der Waals surface area contributed by atoms with Crippen LogP contribution in [0.5, 0.6) is 0 Å². The van der Waals surface area contributed by atoms with Gasteiger partial charge >= 0.3 is 10.2 Å². The molecule has 126 valence electrons. The molecule has 1 heterocycles. The highest BCUT2D eigenvalue weighted by molar-refractivity contribution is 7.87. The summed E-state index contributed by atoms with van der Waals surface area (Å²) in [4.78, 5) is 12.2. The lowest BCUT2D eigenvalue weighted by molar-refractivity contribution is 0.0978. The molecule has 1 aromatic rings. The largest absolute Gasteiger partial charge is 0.304 e. The highest BCUT2D eigenvalue weighted by atomic mass is 32.2. The second-order valence-corrected chi connectivity index (χ2v) is 6.98. The van der Waals surface area contributed by atoms with Crippen molar-refractivity contribution in [2.24, 2.45) is 7.05 Å². The smallest absolute Gasteiger partial charge is 0.272 e. The molecule has 22 heavy (non-hydrogen) atoms. The molecule has 8 heteroatoms. The molecule has 1 N–H and O–H groups in total. The Kier molecular flexibility index (Phi) is 7.02. The third-order valence-corrected chi connectivity index (χ3v) is 5.05. The Morgan fingerprint density at radius 3 is 2.23 bits per heavy atom. The summed E-state index contributed by atoms with van der Waals surface area (Å²) in [6, 6.07) is 0. The molecule has 0 spiro atoms. The van der Waals surface area contributed by atoms with E-state index >= 15 is 0 Å². The molecule has 1 rings (SSSR count). The minimum Gasteiger partial charge on any atom is -0.272 e. The second-order valence-electron chi connectivity index (χ2n) is 5.31. The van der Waals surface area contributed by atoms with Crippen molar-refractivity contribution in [3.63, 3.8) is 0 Å². The van der Waals surface area contributed by atoms with Crippen molar-refractivity contribution in [1.82, 2.24) is 18.8 Å². The lowest BCUT2D eigenvalue weighted by Crippen LogP contribution is -2.44. The van der Waals surface area contributed by atoms with Gasteiger partial charge in [-0.25, -0.2) is 4.72 Å². The Bertz CT molecular complexity index is 587. The molecule has 0 aromatic carbocycles. The summed E-state index contributed by atoms with van der Waals surface area (Å²) in [5, 5.41) is 3.96. The molecule has 0 unspecified atom stereocenters. The third kappa shape index (κ3) is 4.81. The Labute approximate surface area is 132 Å². The first kappa shape index (κ1) is 18.6. The molecule has 0 atom stereocenters. The molecule has 0 aliphatic carbocycles. The van der Waals surface area contributed by atoms with Crippen LogP contribution >= 0.6 is 0 Å². The molecule has 0 aliphatic heterocycles. The van der Waals surface area contributed by atoms with Gasteiger partial charge in [0.15, 0.2) is 0 Å². The first-order chi connectivity index (χ1) is 10.3. The second kappa shape index (κ2) is 8.28. The Morgan fingerprint density at radius 1 is 1.27 bits per heavy atom. The van der Waals surface area contributed by atoms with Crippen LogP contribution in [0.15, 0.2) is 6.20 Å². The summed E-state index contributed by atoms with van der Waals surface area (Å²) in [5.41, 5.74) is 0.901. The van der Waals surface area contributed by atoms with E-state index in [2.05, 4.69) is 9.82 Å². The van der Waals surface area contributed by atoms with Gasteiger partial charge in [0.05, 0.1) is 11.8 Å². The molecule has 0 bridgehead atoms. The summed E-state index contributed by atoms with van der Waals surface area (Å²) in [5.74, 6) is -0.636. The molecule has 1 aromatic heterocycles. The molecular formula is C14H26N4O3S. The van der Waals surface area contributed by atoms with Crippen LogP contribution in [-0.2, 0) is 17.3 Å². The number of nitrogens with one attached hydrogen (secondary N) is 1. The van der Waals surface area contributed by atoms with Gasteiger partial charge in [0.1, 0.15) is 0 Å². The van der Waals surface area contributed by atoms with Crippen molar-refractivity contribution in [2.45, 2.75) is 46.5 Å². The molecule has 0 fully saturated rings. The van der Waals surface area contributed by atoms with Gasteiger partial charge in [0.2, 0.25) is 0 Å². The van der Waals surface area contributed by atoms with E-state index < -0.39 is 16.1 Å². The zero-order valence-corrected chi connectivity index (χ0v) is 14.6. The maximum absolute atomic E-state index is 12.4. The van der Waals surface area contributed by atoms with Crippen LogP contribution in [0.2, 0.25) is 0 Å². The zero-order valence-electron chi connectivity index (χ0n) is 13.8. The monoisotopic (exact) mass is 330 g/mol. The van der Waals surface area contributed by atoms with E-state index in [4.69, 9.17) is 0 Å². The van der Waals surface area contributed by atoms with E-state index in [-0.39, 0.29) is 5.56 Å². The van der Waals surface area contributed by atoms with Crippen molar-refractivity contribution in [3.05, 3.63) is 17.5 Å². The van der Waals surface area contributed by atoms with Gasteiger partial charge in [-0.3, -0.25) is 9.48 Å². The number of hydrogen-bond donors (Lipinski definition) is 1. The predicted octanol–water partition coefficient (Wildman–Crippen LogP) is 1.61. The summed E-state index contributed by atoms with van der Waals surface area (Å²) in [7, 11) is -2.12. The molecule has 7 nitrogen and oxygen atoms in total. The number of amides is 1. The van der Waals surface area contributed by atoms with Gasteiger partial charge in [0.25, 0.3) is 5.91 Å². The average molecular weight is 330 g/mol. The summed E-state index contributed by atoms with van der Waals surface area (Å²) < 4.78 is 29.9.